The second-order valence-corrected chi connectivity index (χ2v) is 7.32. The summed E-state index contributed by atoms with van der Waals surface area (Å²) in [6, 6.07) is 2.35. The first-order valence-corrected chi connectivity index (χ1v) is 8.42. The molecular formula is C18H25F2N3O2. The van der Waals surface area contributed by atoms with Crippen molar-refractivity contribution in [3.8, 4) is 0 Å². The van der Waals surface area contributed by atoms with Gasteiger partial charge in [0.15, 0.2) is 0 Å². The Hall–Kier alpha value is -2.02. The summed E-state index contributed by atoms with van der Waals surface area (Å²) in [5.41, 5.74) is 4.95. The molecule has 1 saturated heterocycles. The number of benzene rings is 1. The van der Waals surface area contributed by atoms with Crippen LogP contribution in [0.5, 0.6) is 0 Å². The molecule has 5 nitrogen and oxygen atoms in total. The molecule has 1 fully saturated rings. The summed E-state index contributed by atoms with van der Waals surface area (Å²) in [4.78, 5) is 26.8. The Bertz CT molecular complexity index is 645. The minimum absolute atomic E-state index is 0.140. The largest absolute Gasteiger partial charge is 0.340 e. The Morgan fingerprint density at radius 2 is 1.92 bits per heavy atom. The van der Waals surface area contributed by atoms with Gasteiger partial charge in [0.1, 0.15) is 23.2 Å². The van der Waals surface area contributed by atoms with Crippen molar-refractivity contribution in [2.75, 3.05) is 19.6 Å². The molecule has 0 aliphatic carbocycles. The third kappa shape index (κ3) is 4.15. The Morgan fingerprint density at radius 3 is 2.40 bits per heavy atom. The molecule has 1 unspecified atom stereocenters. The quantitative estimate of drug-likeness (QED) is 0.849. The van der Waals surface area contributed by atoms with Gasteiger partial charge in [-0.05, 0) is 36.4 Å². The fraction of sp³-hybridized carbons (Fsp3) is 0.556. The van der Waals surface area contributed by atoms with Crippen molar-refractivity contribution in [1.29, 1.82) is 0 Å². The highest BCUT2D eigenvalue weighted by molar-refractivity contribution is 5.98. The summed E-state index contributed by atoms with van der Waals surface area (Å²) in [5, 5.41) is 2.50. The number of carbonyl (C=O) groups is 2. The number of likely N-dealkylation sites (tertiary alicyclic amines) is 1. The van der Waals surface area contributed by atoms with E-state index in [0.717, 1.165) is 18.6 Å². The molecule has 0 spiro atoms. The maximum absolute atomic E-state index is 13.8. The number of amides is 2. The van der Waals surface area contributed by atoms with Gasteiger partial charge in [-0.15, -0.1) is 0 Å². The van der Waals surface area contributed by atoms with Gasteiger partial charge in [-0.25, -0.2) is 8.78 Å². The third-order valence-corrected chi connectivity index (χ3v) is 4.77. The van der Waals surface area contributed by atoms with Gasteiger partial charge in [0.2, 0.25) is 5.91 Å². The minimum Gasteiger partial charge on any atom is -0.340 e. The number of halogens is 2. The van der Waals surface area contributed by atoms with Crippen molar-refractivity contribution >= 4 is 11.8 Å². The van der Waals surface area contributed by atoms with Crippen LogP contribution < -0.4 is 11.1 Å². The predicted molar refractivity (Wildman–Crippen MR) is 90.8 cm³/mol. The molecule has 0 saturated carbocycles. The molecule has 7 heteroatoms. The predicted octanol–water partition coefficient (Wildman–Crippen LogP) is 1.92. The minimum atomic E-state index is -0.954. The van der Waals surface area contributed by atoms with Gasteiger partial charge in [-0.3, -0.25) is 9.59 Å². The van der Waals surface area contributed by atoms with Crippen molar-refractivity contribution in [1.82, 2.24) is 10.2 Å². The average Bonchev–Trinajstić information content (AvgIpc) is 2.95. The van der Waals surface area contributed by atoms with Gasteiger partial charge in [-0.2, -0.15) is 0 Å². The maximum atomic E-state index is 13.8. The van der Waals surface area contributed by atoms with Gasteiger partial charge in [0.05, 0.1) is 0 Å². The van der Waals surface area contributed by atoms with E-state index in [1.807, 2.05) is 6.92 Å². The van der Waals surface area contributed by atoms with E-state index in [0.29, 0.717) is 19.6 Å². The summed E-state index contributed by atoms with van der Waals surface area (Å²) in [5.74, 6) is -3.31. The summed E-state index contributed by atoms with van der Waals surface area (Å²) < 4.78 is 27.6. The van der Waals surface area contributed by atoms with Crippen LogP contribution in [0.1, 0.15) is 37.6 Å². The van der Waals surface area contributed by atoms with Crippen LogP contribution in [0.3, 0.4) is 0 Å². The zero-order valence-electron chi connectivity index (χ0n) is 14.8. The molecule has 25 heavy (non-hydrogen) atoms. The summed E-state index contributed by atoms with van der Waals surface area (Å²) in [6.45, 7) is 7.10. The lowest BCUT2D eigenvalue weighted by Crippen LogP contribution is -2.51. The summed E-state index contributed by atoms with van der Waals surface area (Å²) in [6.07, 6.45) is 0.788. The molecule has 2 atom stereocenters. The van der Waals surface area contributed by atoms with Crippen molar-refractivity contribution < 1.29 is 18.4 Å². The van der Waals surface area contributed by atoms with E-state index in [2.05, 4.69) is 5.32 Å². The van der Waals surface area contributed by atoms with Crippen LogP contribution in [0.4, 0.5) is 8.78 Å². The highest BCUT2D eigenvalue weighted by atomic mass is 19.1. The number of nitrogens with zero attached hydrogens (tertiary/aromatic N) is 1. The van der Waals surface area contributed by atoms with Crippen molar-refractivity contribution in [2.24, 2.45) is 17.1 Å². The van der Waals surface area contributed by atoms with Crippen LogP contribution in [0, 0.1) is 23.0 Å². The lowest BCUT2D eigenvalue weighted by molar-refractivity contribution is -0.133. The van der Waals surface area contributed by atoms with Crippen LogP contribution in [-0.2, 0) is 4.79 Å². The SMILES string of the molecule is CC(C)[C@H](NC(=O)c1c(F)cccc1F)C(=O)N1CCC(C)(CN)C1. The number of nitrogens with one attached hydrogen (secondary N) is 1. The Labute approximate surface area is 146 Å². The Balaban J connectivity index is 2.16. The normalized spacial score (nSPS) is 21.5. The van der Waals surface area contributed by atoms with E-state index in [-0.39, 0.29) is 17.2 Å². The third-order valence-electron chi connectivity index (χ3n) is 4.77. The highest BCUT2D eigenvalue weighted by Crippen LogP contribution is 2.29. The van der Waals surface area contributed by atoms with E-state index in [1.165, 1.54) is 6.07 Å². The van der Waals surface area contributed by atoms with Crippen molar-refractivity contribution in [2.45, 2.75) is 33.2 Å². The Morgan fingerprint density at radius 1 is 1.32 bits per heavy atom. The van der Waals surface area contributed by atoms with Crippen LogP contribution in [0.15, 0.2) is 18.2 Å². The second-order valence-electron chi connectivity index (χ2n) is 7.32. The molecule has 0 bridgehead atoms. The van der Waals surface area contributed by atoms with Crippen molar-refractivity contribution in [3.05, 3.63) is 35.4 Å². The first-order valence-electron chi connectivity index (χ1n) is 8.42. The Kier molecular flexibility index (Phi) is 5.77. The van der Waals surface area contributed by atoms with Gasteiger partial charge in [-0.1, -0.05) is 26.8 Å². The van der Waals surface area contributed by atoms with Gasteiger partial charge < -0.3 is 16.0 Å². The number of carbonyl (C=O) groups excluding carboxylic acids is 2. The first-order chi connectivity index (χ1) is 11.7. The molecule has 1 aromatic carbocycles. The van der Waals surface area contributed by atoms with E-state index in [4.69, 9.17) is 5.73 Å². The van der Waals surface area contributed by atoms with Crippen LogP contribution in [0.25, 0.3) is 0 Å². The first kappa shape index (κ1) is 19.3. The number of hydrogen-bond donors (Lipinski definition) is 2. The van der Waals surface area contributed by atoms with Crippen LogP contribution >= 0.6 is 0 Å². The summed E-state index contributed by atoms with van der Waals surface area (Å²) in [7, 11) is 0. The van der Waals surface area contributed by atoms with E-state index < -0.39 is 29.1 Å². The second kappa shape index (κ2) is 7.47. The molecule has 2 rings (SSSR count). The molecule has 0 radical (unpaired) electrons. The zero-order chi connectivity index (χ0) is 18.8. The van der Waals surface area contributed by atoms with Crippen LogP contribution in [-0.4, -0.2) is 42.4 Å². The fourth-order valence-electron chi connectivity index (χ4n) is 3.02. The van der Waals surface area contributed by atoms with Crippen LogP contribution in [0.2, 0.25) is 0 Å². The molecule has 138 valence electrons. The molecule has 0 aromatic heterocycles. The summed E-state index contributed by atoms with van der Waals surface area (Å²) >= 11 is 0. The number of nitrogens with two attached hydrogens (primary N) is 1. The molecule has 1 heterocycles. The van der Waals surface area contributed by atoms with Gasteiger partial charge in [0.25, 0.3) is 5.91 Å². The smallest absolute Gasteiger partial charge is 0.257 e. The number of rotatable bonds is 5. The van der Waals surface area contributed by atoms with E-state index >= 15 is 0 Å². The van der Waals surface area contributed by atoms with E-state index in [1.54, 1.807) is 18.7 Å². The fourth-order valence-corrected chi connectivity index (χ4v) is 3.02. The average molecular weight is 353 g/mol. The monoisotopic (exact) mass is 353 g/mol. The zero-order valence-corrected chi connectivity index (χ0v) is 14.8. The maximum Gasteiger partial charge on any atom is 0.257 e. The molecular weight excluding hydrogens is 328 g/mol. The van der Waals surface area contributed by atoms with Crippen molar-refractivity contribution in [3.63, 3.8) is 0 Å². The molecule has 2 amide bonds. The molecule has 1 aromatic rings. The van der Waals surface area contributed by atoms with Gasteiger partial charge >= 0.3 is 0 Å². The van der Waals surface area contributed by atoms with Gasteiger partial charge in [0, 0.05) is 13.1 Å². The number of hydrogen-bond acceptors (Lipinski definition) is 3. The lowest BCUT2D eigenvalue weighted by Gasteiger charge is -2.28. The van der Waals surface area contributed by atoms with E-state index in [9.17, 15) is 18.4 Å². The highest BCUT2D eigenvalue weighted by Gasteiger charge is 2.38. The molecule has 3 N–H and O–H groups in total. The molecule has 1 aliphatic heterocycles. The topological polar surface area (TPSA) is 75.4 Å². The standard InChI is InChI=1S/C18H25F2N3O2/c1-11(2)15(17(25)23-8-7-18(3,9-21)10-23)22-16(24)14-12(19)5-4-6-13(14)20/h4-6,11,15H,7-10,21H2,1-3H3,(H,22,24)/t15-,18?/m0/s1. The molecule has 1 aliphatic rings. The lowest BCUT2D eigenvalue weighted by atomic mass is 9.90.